The summed E-state index contributed by atoms with van der Waals surface area (Å²) in [7, 11) is 0. The lowest BCUT2D eigenvalue weighted by molar-refractivity contribution is -0.144. The van der Waals surface area contributed by atoms with Gasteiger partial charge in [0.25, 0.3) is 0 Å². The van der Waals surface area contributed by atoms with Gasteiger partial charge in [-0.05, 0) is 65.3 Å². The first kappa shape index (κ1) is 37.9. The molecule has 3 aromatic rings. The third-order valence-corrected chi connectivity index (χ3v) is 9.42. The number of carboxylic acids is 1. The zero-order valence-corrected chi connectivity index (χ0v) is 30.1. The van der Waals surface area contributed by atoms with Gasteiger partial charge < -0.3 is 46.6 Å². The molecule has 6 atom stereocenters. The summed E-state index contributed by atoms with van der Waals surface area (Å²) in [5.41, 5.74) is 2.87. The number of nitrogens with one attached hydrogen (secondary N) is 3. The first-order valence-corrected chi connectivity index (χ1v) is 17.5. The van der Waals surface area contributed by atoms with Gasteiger partial charge in [0.2, 0.25) is 5.91 Å². The molecule has 13 nitrogen and oxygen atoms in total. The highest BCUT2D eigenvalue weighted by Gasteiger charge is 2.38. The molecule has 0 saturated carbocycles. The summed E-state index contributed by atoms with van der Waals surface area (Å²) in [6.07, 6.45) is -5.01. The van der Waals surface area contributed by atoms with Crippen LogP contribution >= 0.6 is 15.9 Å². The van der Waals surface area contributed by atoms with E-state index in [4.69, 9.17) is 0 Å². The second kappa shape index (κ2) is 15.9. The number of anilines is 1. The summed E-state index contributed by atoms with van der Waals surface area (Å²) in [5.74, 6) is -2.88. The number of phenolic OH excluding ortho intramolecular Hbond substituents is 1. The second-order valence-electron chi connectivity index (χ2n) is 14.0. The molecule has 0 bridgehead atoms. The Balaban J connectivity index is 1.35. The molecule has 6 unspecified atom stereocenters. The van der Waals surface area contributed by atoms with Gasteiger partial charge in [-0.25, -0.2) is 0 Å². The molecular formula is C37H44BrN5O8. The molecule has 1 amide bonds. The van der Waals surface area contributed by atoms with E-state index < -0.39 is 48.3 Å². The summed E-state index contributed by atoms with van der Waals surface area (Å²) in [6, 6.07) is 15.7. The number of halogens is 1. The summed E-state index contributed by atoms with van der Waals surface area (Å²) >= 11 is 3.53. The highest BCUT2D eigenvalue weighted by Crippen LogP contribution is 2.38. The van der Waals surface area contributed by atoms with Gasteiger partial charge in [-0.3, -0.25) is 19.6 Å². The van der Waals surface area contributed by atoms with Crippen LogP contribution in [0.4, 0.5) is 11.4 Å². The minimum atomic E-state index is -1.43. The second-order valence-corrected chi connectivity index (χ2v) is 14.9. The zero-order valence-electron chi connectivity index (χ0n) is 28.5. The molecule has 3 aromatic carbocycles. The Bertz CT molecular complexity index is 1830. The Morgan fingerprint density at radius 1 is 1.02 bits per heavy atom. The number of β-amino-alcohol motifs (C(OH)–C–C–N with tert-alkyl or cyclic N) is 1. The topological polar surface area (TPSA) is 216 Å². The number of phenols is 1. The molecular weight excluding hydrogens is 722 g/mol. The number of carbonyl (C=O) groups excluding carboxylic acids is 1. The van der Waals surface area contributed by atoms with Crippen LogP contribution in [0.3, 0.4) is 0 Å². The number of aliphatic carboxylic acids is 1. The van der Waals surface area contributed by atoms with Crippen molar-refractivity contribution >= 4 is 50.9 Å². The van der Waals surface area contributed by atoms with Crippen molar-refractivity contribution in [3.05, 3.63) is 87.4 Å². The summed E-state index contributed by atoms with van der Waals surface area (Å²) in [4.78, 5) is 35.1. The number of carbonyl (C=O) groups is 2. The minimum absolute atomic E-state index is 0.0316. The Hall–Kier alpha value is -4.34. The smallest absolute Gasteiger partial charge is 0.309 e. The molecule has 0 aliphatic carbocycles. The van der Waals surface area contributed by atoms with E-state index in [1.165, 1.54) is 12.1 Å². The number of carboxylic acid groups (broad SMARTS) is 1. The predicted octanol–water partition coefficient (Wildman–Crippen LogP) is 4.13. The quantitative estimate of drug-likeness (QED) is 0.129. The van der Waals surface area contributed by atoms with Crippen LogP contribution in [0.25, 0.3) is 0 Å². The fourth-order valence-electron chi connectivity index (χ4n) is 6.15. The number of fused-ring (bicyclic) bond motifs is 1. The maximum atomic E-state index is 13.6. The number of rotatable bonds is 12. The lowest BCUT2D eigenvalue weighted by Gasteiger charge is -2.30. The molecule has 51 heavy (non-hydrogen) atoms. The number of benzene rings is 3. The number of para-hydroxylation sites is 1. The first-order chi connectivity index (χ1) is 24.1. The highest BCUT2D eigenvalue weighted by molar-refractivity contribution is 9.10. The standard InChI is InChI=1S/C37H44BrN5O8/c1-37(2,3)21-10-20(11-22(38)14-21)32(27(35(50)51)16-30(47)33-34(49)26-6-4-5-7-28(26)42-33)43-31(48)9-8-29(46)19-12-23(15-24(44)13-19)41-36-39-17-25(45)18-40-36/h4-7,10-15,25,27,29-30,32,34,44-47,49H,8-9,16-18H2,1-3H3,(H,43,48)(H,50,51)(H2,39,40,41). The Labute approximate surface area is 304 Å². The molecule has 2 aliphatic rings. The average molecular weight is 767 g/mol. The molecule has 0 fully saturated rings. The number of aliphatic hydroxyl groups excluding tert-OH is 4. The molecule has 2 aliphatic heterocycles. The third kappa shape index (κ3) is 9.51. The molecule has 0 saturated heterocycles. The SMILES string of the molecule is CC(C)(C)c1cc(Br)cc(C(NC(=O)CCC(O)c2cc(O)cc(NC3=NCC(O)CN3)c2)C(CC(O)C2=Nc3ccccc3C2O)C(=O)O)c1. The number of amides is 1. The number of aliphatic imine (C=N–C) groups is 2. The number of hydrogen-bond donors (Lipinski definition) is 9. The van der Waals surface area contributed by atoms with E-state index in [0.29, 0.717) is 45.0 Å². The van der Waals surface area contributed by atoms with Crippen LogP contribution < -0.4 is 16.0 Å². The van der Waals surface area contributed by atoms with Gasteiger partial charge in [-0.2, -0.15) is 0 Å². The van der Waals surface area contributed by atoms with Crippen molar-refractivity contribution in [2.24, 2.45) is 15.9 Å². The van der Waals surface area contributed by atoms with Gasteiger partial charge in [-0.1, -0.05) is 61.0 Å². The van der Waals surface area contributed by atoms with E-state index in [9.17, 15) is 40.2 Å². The monoisotopic (exact) mass is 765 g/mol. The maximum absolute atomic E-state index is 13.6. The molecule has 5 rings (SSSR count). The lowest BCUT2D eigenvalue weighted by Crippen LogP contribution is -2.42. The average Bonchev–Trinajstić information content (AvgIpc) is 3.41. The van der Waals surface area contributed by atoms with Crippen molar-refractivity contribution in [2.75, 3.05) is 18.4 Å². The van der Waals surface area contributed by atoms with Crippen LogP contribution in [-0.2, 0) is 15.0 Å². The van der Waals surface area contributed by atoms with Gasteiger partial charge in [0.15, 0.2) is 5.96 Å². The Kier molecular flexibility index (Phi) is 11.8. The van der Waals surface area contributed by atoms with Crippen LogP contribution in [0, 0.1) is 5.92 Å². The van der Waals surface area contributed by atoms with Crippen LogP contribution in [0.5, 0.6) is 5.75 Å². The predicted molar refractivity (Wildman–Crippen MR) is 196 cm³/mol. The highest BCUT2D eigenvalue weighted by atomic mass is 79.9. The molecule has 0 aromatic heterocycles. The normalized spacial score (nSPS) is 19.5. The van der Waals surface area contributed by atoms with Gasteiger partial charge in [0.1, 0.15) is 11.9 Å². The van der Waals surface area contributed by atoms with Crippen molar-refractivity contribution in [1.82, 2.24) is 10.6 Å². The number of aromatic hydroxyl groups is 1. The third-order valence-electron chi connectivity index (χ3n) is 8.96. The Morgan fingerprint density at radius 3 is 2.43 bits per heavy atom. The van der Waals surface area contributed by atoms with E-state index in [-0.39, 0.29) is 42.7 Å². The maximum Gasteiger partial charge on any atom is 0.309 e. The van der Waals surface area contributed by atoms with Crippen molar-refractivity contribution in [3.63, 3.8) is 0 Å². The van der Waals surface area contributed by atoms with Gasteiger partial charge in [-0.15, -0.1) is 0 Å². The summed E-state index contributed by atoms with van der Waals surface area (Å²) in [5, 5.41) is 72.5. The van der Waals surface area contributed by atoms with Crippen LogP contribution in [-0.4, -0.2) is 79.5 Å². The molecule has 0 radical (unpaired) electrons. The summed E-state index contributed by atoms with van der Waals surface area (Å²) in [6.45, 7) is 6.55. The molecule has 14 heteroatoms. The number of hydrogen-bond acceptors (Lipinski definition) is 11. The van der Waals surface area contributed by atoms with Crippen LogP contribution in [0.2, 0.25) is 0 Å². The van der Waals surface area contributed by atoms with Crippen molar-refractivity contribution in [2.45, 2.75) is 75.9 Å². The van der Waals surface area contributed by atoms with Crippen molar-refractivity contribution in [1.29, 1.82) is 0 Å². The number of guanidine groups is 1. The van der Waals surface area contributed by atoms with Crippen molar-refractivity contribution < 1.29 is 40.2 Å². The van der Waals surface area contributed by atoms with Crippen molar-refractivity contribution in [3.8, 4) is 5.75 Å². The zero-order chi connectivity index (χ0) is 37.0. The molecule has 272 valence electrons. The van der Waals surface area contributed by atoms with E-state index >= 15 is 0 Å². The number of aliphatic hydroxyl groups is 4. The fourth-order valence-corrected chi connectivity index (χ4v) is 6.66. The summed E-state index contributed by atoms with van der Waals surface area (Å²) < 4.78 is 0.675. The van der Waals surface area contributed by atoms with E-state index in [1.54, 1.807) is 36.4 Å². The van der Waals surface area contributed by atoms with Gasteiger partial charge in [0, 0.05) is 34.8 Å². The van der Waals surface area contributed by atoms with Gasteiger partial charge in [0.05, 0.1) is 48.2 Å². The van der Waals surface area contributed by atoms with Crippen LogP contribution in [0.1, 0.15) is 80.5 Å². The molecule has 0 spiro atoms. The van der Waals surface area contributed by atoms with E-state index in [2.05, 4.69) is 41.9 Å². The van der Waals surface area contributed by atoms with Crippen LogP contribution in [0.15, 0.2) is 75.1 Å². The molecule has 2 heterocycles. The van der Waals surface area contributed by atoms with Gasteiger partial charge >= 0.3 is 5.97 Å². The minimum Gasteiger partial charge on any atom is -0.508 e. The lowest BCUT2D eigenvalue weighted by atomic mass is 9.82. The Morgan fingerprint density at radius 2 is 1.76 bits per heavy atom. The fraction of sp³-hybridized carbons (Fsp3) is 0.405. The first-order valence-electron chi connectivity index (χ1n) is 16.7. The largest absolute Gasteiger partial charge is 0.508 e. The molecule has 9 N–H and O–H groups in total. The van der Waals surface area contributed by atoms with E-state index in [0.717, 1.165) is 5.56 Å². The van der Waals surface area contributed by atoms with E-state index in [1.807, 2.05) is 32.9 Å². The number of nitrogens with zero attached hydrogens (tertiary/aromatic N) is 2.